The zero-order valence-corrected chi connectivity index (χ0v) is 9.34. The van der Waals surface area contributed by atoms with E-state index < -0.39 is 0 Å². The SMILES string of the molecule is COC(C1CCCN1)C(C)C(C)C. The predicted molar refractivity (Wildman–Crippen MR) is 55.8 cm³/mol. The van der Waals surface area contributed by atoms with E-state index in [1.165, 1.54) is 12.8 Å². The van der Waals surface area contributed by atoms with Crippen LogP contribution in [-0.2, 0) is 4.74 Å². The van der Waals surface area contributed by atoms with Gasteiger partial charge in [0.05, 0.1) is 6.10 Å². The molecule has 2 heteroatoms. The molecule has 1 N–H and O–H groups in total. The predicted octanol–water partition coefficient (Wildman–Crippen LogP) is 2.05. The first-order chi connectivity index (χ1) is 6.16. The first kappa shape index (κ1) is 11.0. The second-order valence-corrected chi connectivity index (χ2v) is 4.51. The molecule has 1 heterocycles. The Labute approximate surface area is 82.0 Å². The van der Waals surface area contributed by atoms with Crippen molar-refractivity contribution in [3.8, 4) is 0 Å². The Kier molecular flexibility index (Phi) is 4.20. The lowest BCUT2D eigenvalue weighted by Crippen LogP contribution is -2.42. The number of hydrogen-bond acceptors (Lipinski definition) is 2. The van der Waals surface area contributed by atoms with Crippen LogP contribution in [0.3, 0.4) is 0 Å². The van der Waals surface area contributed by atoms with Gasteiger partial charge < -0.3 is 10.1 Å². The van der Waals surface area contributed by atoms with Gasteiger partial charge in [-0.25, -0.2) is 0 Å². The third-order valence-electron chi connectivity index (χ3n) is 3.34. The normalized spacial score (nSPS) is 27.9. The number of hydrogen-bond donors (Lipinski definition) is 1. The molecule has 2 nitrogen and oxygen atoms in total. The highest BCUT2D eigenvalue weighted by Crippen LogP contribution is 2.23. The van der Waals surface area contributed by atoms with Gasteiger partial charge in [0.1, 0.15) is 0 Å². The average molecular weight is 185 g/mol. The van der Waals surface area contributed by atoms with Crippen molar-refractivity contribution in [2.75, 3.05) is 13.7 Å². The topological polar surface area (TPSA) is 21.3 Å². The van der Waals surface area contributed by atoms with Crippen LogP contribution in [0.4, 0.5) is 0 Å². The van der Waals surface area contributed by atoms with Crippen LogP contribution in [0, 0.1) is 11.8 Å². The summed E-state index contributed by atoms with van der Waals surface area (Å²) in [4.78, 5) is 0. The molecule has 0 radical (unpaired) electrons. The fourth-order valence-electron chi connectivity index (χ4n) is 2.12. The summed E-state index contributed by atoms with van der Waals surface area (Å²) in [5, 5.41) is 3.52. The van der Waals surface area contributed by atoms with Crippen molar-refractivity contribution in [3.63, 3.8) is 0 Å². The maximum Gasteiger partial charge on any atom is 0.0752 e. The van der Waals surface area contributed by atoms with Gasteiger partial charge in [0.25, 0.3) is 0 Å². The van der Waals surface area contributed by atoms with E-state index >= 15 is 0 Å². The Bertz CT molecular complexity index is 139. The van der Waals surface area contributed by atoms with Crippen LogP contribution in [0.5, 0.6) is 0 Å². The fourth-order valence-corrected chi connectivity index (χ4v) is 2.12. The summed E-state index contributed by atoms with van der Waals surface area (Å²) in [6.45, 7) is 7.99. The number of methoxy groups -OCH3 is 1. The molecule has 1 fully saturated rings. The molecule has 0 aromatic carbocycles. The van der Waals surface area contributed by atoms with Crippen LogP contribution in [0.15, 0.2) is 0 Å². The summed E-state index contributed by atoms with van der Waals surface area (Å²) in [7, 11) is 1.84. The van der Waals surface area contributed by atoms with Gasteiger partial charge in [-0.1, -0.05) is 20.8 Å². The summed E-state index contributed by atoms with van der Waals surface area (Å²) >= 11 is 0. The second kappa shape index (κ2) is 4.97. The van der Waals surface area contributed by atoms with E-state index in [9.17, 15) is 0 Å². The van der Waals surface area contributed by atoms with Crippen molar-refractivity contribution in [2.45, 2.75) is 45.8 Å². The monoisotopic (exact) mass is 185 g/mol. The van der Waals surface area contributed by atoms with Gasteiger partial charge >= 0.3 is 0 Å². The van der Waals surface area contributed by atoms with Crippen molar-refractivity contribution in [2.24, 2.45) is 11.8 Å². The van der Waals surface area contributed by atoms with Gasteiger partial charge in [-0.15, -0.1) is 0 Å². The van der Waals surface area contributed by atoms with E-state index in [1.807, 2.05) is 7.11 Å². The van der Waals surface area contributed by atoms with Gasteiger partial charge in [0.15, 0.2) is 0 Å². The third kappa shape index (κ3) is 2.68. The van der Waals surface area contributed by atoms with E-state index in [-0.39, 0.29) is 0 Å². The van der Waals surface area contributed by atoms with Gasteiger partial charge in [-0.3, -0.25) is 0 Å². The number of ether oxygens (including phenoxy) is 1. The zero-order chi connectivity index (χ0) is 9.84. The van der Waals surface area contributed by atoms with Gasteiger partial charge in [0.2, 0.25) is 0 Å². The van der Waals surface area contributed by atoms with Crippen molar-refractivity contribution in [1.29, 1.82) is 0 Å². The van der Waals surface area contributed by atoms with E-state index in [0.717, 1.165) is 6.54 Å². The third-order valence-corrected chi connectivity index (χ3v) is 3.34. The summed E-state index contributed by atoms with van der Waals surface area (Å²) < 4.78 is 5.59. The van der Waals surface area contributed by atoms with Crippen molar-refractivity contribution < 1.29 is 4.74 Å². The van der Waals surface area contributed by atoms with Crippen LogP contribution in [0.25, 0.3) is 0 Å². The van der Waals surface area contributed by atoms with E-state index in [4.69, 9.17) is 4.74 Å². The molecule has 0 aromatic heterocycles. The van der Waals surface area contributed by atoms with Crippen LogP contribution in [-0.4, -0.2) is 25.8 Å². The van der Waals surface area contributed by atoms with Gasteiger partial charge in [-0.2, -0.15) is 0 Å². The standard InChI is InChI=1S/C11H23NO/c1-8(2)9(3)11(13-4)10-6-5-7-12-10/h8-12H,5-7H2,1-4H3. The molecule has 13 heavy (non-hydrogen) atoms. The number of rotatable bonds is 4. The average Bonchev–Trinajstić information content (AvgIpc) is 2.58. The molecule has 0 aromatic rings. The Hall–Kier alpha value is -0.0800. The maximum absolute atomic E-state index is 5.59. The molecule has 0 spiro atoms. The fraction of sp³-hybridized carbons (Fsp3) is 1.00. The van der Waals surface area contributed by atoms with Gasteiger partial charge in [-0.05, 0) is 31.2 Å². The summed E-state index contributed by atoms with van der Waals surface area (Å²) in [6.07, 6.45) is 2.97. The minimum Gasteiger partial charge on any atom is -0.380 e. The molecule has 0 amide bonds. The lowest BCUT2D eigenvalue weighted by Gasteiger charge is -2.30. The molecule has 3 unspecified atom stereocenters. The number of nitrogens with one attached hydrogen (secondary N) is 1. The van der Waals surface area contributed by atoms with Crippen molar-refractivity contribution in [3.05, 3.63) is 0 Å². The first-order valence-electron chi connectivity index (χ1n) is 5.43. The molecule has 3 atom stereocenters. The Balaban J connectivity index is 2.49. The molecule has 0 saturated carbocycles. The van der Waals surface area contributed by atoms with Crippen LogP contribution < -0.4 is 5.32 Å². The molecule has 0 aliphatic carbocycles. The molecule has 0 bridgehead atoms. The minimum absolute atomic E-state index is 0.391. The molecular weight excluding hydrogens is 162 g/mol. The molecule has 78 valence electrons. The lowest BCUT2D eigenvalue weighted by molar-refractivity contribution is 0.0168. The van der Waals surface area contributed by atoms with Crippen LogP contribution in [0.2, 0.25) is 0 Å². The summed E-state index contributed by atoms with van der Waals surface area (Å²) in [5.41, 5.74) is 0. The van der Waals surface area contributed by atoms with Gasteiger partial charge in [0, 0.05) is 13.2 Å². The maximum atomic E-state index is 5.59. The smallest absolute Gasteiger partial charge is 0.0752 e. The Morgan fingerprint density at radius 1 is 1.31 bits per heavy atom. The highest BCUT2D eigenvalue weighted by Gasteiger charge is 2.30. The molecule has 1 saturated heterocycles. The van der Waals surface area contributed by atoms with Crippen molar-refractivity contribution in [1.82, 2.24) is 5.32 Å². The molecule has 1 aliphatic heterocycles. The molecule has 1 aliphatic rings. The van der Waals surface area contributed by atoms with Crippen LogP contribution in [0.1, 0.15) is 33.6 Å². The Morgan fingerprint density at radius 2 is 2.00 bits per heavy atom. The van der Waals surface area contributed by atoms with Crippen LogP contribution >= 0.6 is 0 Å². The summed E-state index contributed by atoms with van der Waals surface area (Å²) in [6, 6.07) is 0.586. The van der Waals surface area contributed by atoms with E-state index in [0.29, 0.717) is 24.0 Å². The molecular formula is C11H23NO. The summed E-state index contributed by atoms with van der Waals surface area (Å²) in [5.74, 6) is 1.34. The van der Waals surface area contributed by atoms with E-state index in [2.05, 4.69) is 26.1 Å². The van der Waals surface area contributed by atoms with E-state index in [1.54, 1.807) is 0 Å². The largest absolute Gasteiger partial charge is 0.380 e. The lowest BCUT2D eigenvalue weighted by atomic mass is 9.87. The second-order valence-electron chi connectivity index (χ2n) is 4.51. The quantitative estimate of drug-likeness (QED) is 0.723. The zero-order valence-electron chi connectivity index (χ0n) is 9.34. The highest BCUT2D eigenvalue weighted by molar-refractivity contribution is 4.86. The Morgan fingerprint density at radius 3 is 2.38 bits per heavy atom. The first-order valence-corrected chi connectivity index (χ1v) is 5.43. The minimum atomic E-state index is 0.391. The van der Waals surface area contributed by atoms with Crippen molar-refractivity contribution >= 4 is 0 Å². The molecule has 1 rings (SSSR count). The highest BCUT2D eigenvalue weighted by atomic mass is 16.5.